The second kappa shape index (κ2) is 4.68. The molecule has 0 spiro atoms. The lowest BCUT2D eigenvalue weighted by Crippen LogP contribution is -2.22. The highest BCUT2D eigenvalue weighted by molar-refractivity contribution is 5.71. The minimum absolute atomic E-state index is 0.453. The highest BCUT2D eigenvalue weighted by atomic mass is 16.5. The first-order chi connectivity index (χ1) is 7.08. The smallest absolute Gasteiger partial charge is 0.410 e. The van der Waals surface area contributed by atoms with Crippen LogP contribution < -0.4 is 15.4 Å². The zero-order valence-electron chi connectivity index (χ0n) is 9.47. The molecule has 1 rings (SSSR count). The normalized spacial score (nSPS) is 9.60. The topological polar surface area (TPSA) is 50.4 Å². The van der Waals surface area contributed by atoms with Crippen molar-refractivity contribution in [3.05, 3.63) is 23.3 Å². The molecule has 1 aromatic rings. The summed E-state index contributed by atoms with van der Waals surface area (Å²) >= 11 is 0. The number of ether oxygens (including phenoxy) is 1. The third-order valence-electron chi connectivity index (χ3n) is 2.17. The first kappa shape index (κ1) is 11.4. The van der Waals surface area contributed by atoms with Gasteiger partial charge in [-0.2, -0.15) is 0 Å². The van der Waals surface area contributed by atoms with Gasteiger partial charge in [0.15, 0.2) is 0 Å². The Morgan fingerprint density at radius 1 is 1.20 bits per heavy atom. The van der Waals surface area contributed by atoms with E-state index in [1.54, 1.807) is 0 Å². The summed E-state index contributed by atoms with van der Waals surface area (Å²) in [4.78, 5) is 11.0. The van der Waals surface area contributed by atoms with Crippen LogP contribution in [0.25, 0.3) is 0 Å². The molecule has 0 aromatic heterocycles. The van der Waals surface area contributed by atoms with Crippen molar-refractivity contribution in [1.82, 2.24) is 5.32 Å². The maximum atomic E-state index is 11.0. The predicted molar refractivity (Wildman–Crippen MR) is 60.5 cm³/mol. The molecule has 0 saturated carbocycles. The van der Waals surface area contributed by atoms with Crippen LogP contribution in [0.15, 0.2) is 12.1 Å². The van der Waals surface area contributed by atoms with E-state index in [9.17, 15) is 4.79 Å². The van der Waals surface area contributed by atoms with Crippen molar-refractivity contribution in [2.24, 2.45) is 0 Å². The van der Waals surface area contributed by atoms with Crippen molar-refractivity contribution in [2.45, 2.75) is 13.8 Å². The number of aryl methyl sites for hydroxylation is 2. The summed E-state index contributed by atoms with van der Waals surface area (Å²) in [7, 11) is 3.40. The molecule has 4 nitrogen and oxygen atoms in total. The molecule has 0 aliphatic carbocycles. The summed E-state index contributed by atoms with van der Waals surface area (Å²) in [5.74, 6) is 0.559. The van der Waals surface area contributed by atoms with Crippen molar-refractivity contribution in [3.63, 3.8) is 0 Å². The maximum Gasteiger partial charge on any atom is 0.412 e. The van der Waals surface area contributed by atoms with Gasteiger partial charge in [0.05, 0.1) is 0 Å². The van der Waals surface area contributed by atoms with Crippen molar-refractivity contribution in [1.29, 1.82) is 0 Å². The molecule has 0 atom stereocenters. The van der Waals surface area contributed by atoms with Crippen LogP contribution in [0, 0.1) is 13.8 Å². The van der Waals surface area contributed by atoms with Gasteiger partial charge < -0.3 is 15.4 Å². The quantitative estimate of drug-likeness (QED) is 0.782. The van der Waals surface area contributed by atoms with Crippen molar-refractivity contribution >= 4 is 11.8 Å². The molecule has 0 aliphatic rings. The van der Waals surface area contributed by atoms with Gasteiger partial charge in [-0.25, -0.2) is 4.79 Å². The molecule has 1 amide bonds. The minimum atomic E-state index is -0.453. The van der Waals surface area contributed by atoms with Gasteiger partial charge in [0.25, 0.3) is 0 Å². The zero-order valence-corrected chi connectivity index (χ0v) is 9.47. The predicted octanol–water partition coefficient (Wildman–Crippen LogP) is 2.06. The number of carbonyl (C=O) groups is 1. The zero-order chi connectivity index (χ0) is 11.4. The van der Waals surface area contributed by atoms with Gasteiger partial charge in [-0.05, 0) is 37.1 Å². The Balaban J connectivity index is 2.98. The number of hydrogen-bond donors (Lipinski definition) is 2. The summed E-state index contributed by atoms with van der Waals surface area (Å²) in [6.45, 7) is 3.94. The van der Waals surface area contributed by atoms with E-state index in [2.05, 4.69) is 10.6 Å². The van der Waals surface area contributed by atoms with Gasteiger partial charge in [0.2, 0.25) is 0 Å². The molecule has 82 valence electrons. The van der Waals surface area contributed by atoms with E-state index in [-0.39, 0.29) is 0 Å². The molecular weight excluding hydrogens is 192 g/mol. The van der Waals surface area contributed by atoms with Crippen molar-refractivity contribution in [3.8, 4) is 5.75 Å². The van der Waals surface area contributed by atoms with Crippen LogP contribution in [0.2, 0.25) is 0 Å². The molecule has 0 aliphatic heterocycles. The van der Waals surface area contributed by atoms with E-state index >= 15 is 0 Å². The average molecular weight is 208 g/mol. The SMILES string of the molecule is CNC(=O)Oc1cc(C)c(NC)c(C)c1. The Morgan fingerprint density at radius 2 is 1.73 bits per heavy atom. The van der Waals surface area contributed by atoms with Gasteiger partial charge in [-0.15, -0.1) is 0 Å². The summed E-state index contributed by atoms with van der Waals surface area (Å²) in [6.07, 6.45) is -0.453. The minimum Gasteiger partial charge on any atom is -0.410 e. The molecule has 0 saturated heterocycles. The van der Waals surface area contributed by atoms with E-state index in [4.69, 9.17) is 4.74 Å². The fraction of sp³-hybridized carbons (Fsp3) is 0.364. The van der Waals surface area contributed by atoms with Crippen LogP contribution in [-0.2, 0) is 0 Å². The summed E-state index contributed by atoms with van der Waals surface area (Å²) in [5.41, 5.74) is 3.17. The summed E-state index contributed by atoms with van der Waals surface area (Å²) in [6, 6.07) is 3.65. The molecule has 0 unspecified atom stereocenters. The van der Waals surface area contributed by atoms with Gasteiger partial charge in [0, 0.05) is 19.8 Å². The van der Waals surface area contributed by atoms with Crippen LogP contribution in [0.5, 0.6) is 5.75 Å². The van der Waals surface area contributed by atoms with Crippen LogP contribution in [-0.4, -0.2) is 20.2 Å². The fourth-order valence-electron chi connectivity index (χ4n) is 1.54. The maximum absolute atomic E-state index is 11.0. The van der Waals surface area contributed by atoms with E-state index < -0.39 is 6.09 Å². The van der Waals surface area contributed by atoms with Crippen LogP contribution in [0.4, 0.5) is 10.5 Å². The first-order valence-corrected chi connectivity index (χ1v) is 4.77. The summed E-state index contributed by atoms with van der Waals surface area (Å²) < 4.78 is 5.05. The number of carbonyl (C=O) groups excluding carboxylic acids is 1. The fourth-order valence-corrected chi connectivity index (χ4v) is 1.54. The van der Waals surface area contributed by atoms with E-state index in [0.29, 0.717) is 5.75 Å². The Labute approximate surface area is 89.6 Å². The van der Waals surface area contributed by atoms with Gasteiger partial charge in [0.1, 0.15) is 5.75 Å². The molecule has 15 heavy (non-hydrogen) atoms. The number of hydrogen-bond acceptors (Lipinski definition) is 3. The number of nitrogens with one attached hydrogen (secondary N) is 2. The summed E-state index contributed by atoms with van der Waals surface area (Å²) in [5, 5.41) is 5.51. The van der Waals surface area contributed by atoms with Crippen LogP contribution >= 0.6 is 0 Å². The van der Waals surface area contributed by atoms with Gasteiger partial charge in [-0.3, -0.25) is 0 Å². The van der Waals surface area contributed by atoms with Crippen LogP contribution in [0.1, 0.15) is 11.1 Å². The van der Waals surface area contributed by atoms with E-state index in [1.807, 2.05) is 33.0 Å². The number of anilines is 1. The number of rotatable bonds is 2. The van der Waals surface area contributed by atoms with E-state index in [1.165, 1.54) is 7.05 Å². The average Bonchev–Trinajstić information content (AvgIpc) is 2.17. The Morgan fingerprint density at radius 3 is 2.13 bits per heavy atom. The Kier molecular flexibility index (Phi) is 3.55. The van der Waals surface area contributed by atoms with Crippen LogP contribution in [0.3, 0.4) is 0 Å². The third-order valence-corrected chi connectivity index (χ3v) is 2.17. The molecule has 2 N–H and O–H groups in total. The Hall–Kier alpha value is -1.71. The molecule has 0 fully saturated rings. The molecular formula is C11H16N2O2. The second-order valence-electron chi connectivity index (χ2n) is 3.32. The molecule has 0 radical (unpaired) electrons. The highest BCUT2D eigenvalue weighted by Crippen LogP contribution is 2.25. The largest absolute Gasteiger partial charge is 0.412 e. The monoisotopic (exact) mass is 208 g/mol. The first-order valence-electron chi connectivity index (χ1n) is 4.77. The molecule has 4 heteroatoms. The molecule has 0 bridgehead atoms. The second-order valence-corrected chi connectivity index (χ2v) is 3.32. The standard InChI is InChI=1S/C11H16N2O2/c1-7-5-9(15-11(14)13-4)6-8(2)10(7)12-3/h5-6,12H,1-4H3,(H,13,14). The molecule has 0 heterocycles. The lowest BCUT2D eigenvalue weighted by atomic mass is 10.1. The van der Waals surface area contributed by atoms with E-state index in [0.717, 1.165) is 16.8 Å². The number of amides is 1. The van der Waals surface area contributed by atoms with Gasteiger partial charge >= 0.3 is 6.09 Å². The lowest BCUT2D eigenvalue weighted by molar-refractivity contribution is 0.203. The molecule has 1 aromatic carbocycles. The van der Waals surface area contributed by atoms with Gasteiger partial charge in [-0.1, -0.05) is 0 Å². The van der Waals surface area contributed by atoms with Crippen molar-refractivity contribution in [2.75, 3.05) is 19.4 Å². The number of benzene rings is 1. The third kappa shape index (κ3) is 2.62. The highest BCUT2D eigenvalue weighted by Gasteiger charge is 2.06. The Bertz CT molecular complexity index is 352. The lowest BCUT2D eigenvalue weighted by Gasteiger charge is -2.11. The van der Waals surface area contributed by atoms with Crippen molar-refractivity contribution < 1.29 is 9.53 Å².